The number of nitrogens with one attached hydrogen (secondary N) is 1. The van der Waals surface area contributed by atoms with E-state index in [1.165, 1.54) is 5.56 Å². The number of thiocarbonyl (C=S) groups is 1. The van der Waals surface area contributed by atoms with Crippen LogP contribution in [0.25, 0.3) is 0 Å². The van der Waals surface area contributed by atoms with E-state index in [9.17, 15) is 0 Å². The van der Waals surface area contributed by atoms with Gasteiger partial charge < -0.3 is 5.32 Å². The van der Waals surface area contributed by atoms with Crippen LogP contribution in [0, 0.1) is 6.92 Å². The smallest absolute Gasteiger partial charge is 0.189 e. The van der Waals surface area contributed by atoms with Gasteiger partial charge in [0.15, 0.2) is 5.11 Å². The molecule has 0 aliphatic carbocycles. The third-order valence-corrected chi connectivity index (χ3v) is 4.58. The minimum Gasteiger partial charge on any atom is -0.357 e. The Morgan fingerprint density at radius 3 is 2.80 bits per heavy atom. The van der Waals surface area contributed by atoms with Crippen LogP contribution in [0.1, 0.15) is 36.6 Å². The Bertz CT molecular complexity index is 727. The van der Waals surface area contributed by atoms with Crippen LogP contribution in [0.2, 0.25) is 5.15 Å². The Kier molecular flexibility index (Phi) is 7.40. The van der Waals surface area contributed by atoms with Crippen molar-refractivity contribution in [3.63, 3.8) is 0 Å². The monoisotopic (exact) mass is 377 g/mol. The van der Waals surface area contributed by atoms with Crippen molar-refractivity contribution in [1.82, 2.24) is 20.1 Å². The van der Waals surface area contributed by atoms with E-state index in [4.69, 9.17) is 23.8 Å². The maximum Gasteiger partial charge on any atom is 0.189 e. The zero-order valence-electron chi connectivity index (χ0n) is 14.9. The first-order chi connectivity index (χ1) is 12.0. The predicted octanol–water partition coefficient (Wildman–Crippen LogP) is 3.99. The second-order valence-electron chi connectivity index (χ2n) is 5.78. The van der Waals surface area contributed by atoms with Crippen molar-refractivity contribution in [3.05, 3.63) is 52.3 Å². The molecule has 0 bridgehead atoms. The van der Waals surface area contributed by atoms with E-state index < -0.39 is 0 Å². The normalized spacial score (nSPS) is 11.0. The second kappa shape index (κ2) is 9.53. The van der Waals surface area contributed by atoms with Gasteiger partial charge in [-0.05, 0) is 31.1 Å². The minimum atomic E-state index is 0.548. The highest BCUT2D eigenvalue weighted by molar-refractivity contribution is 7.80. The molecular weight excluding hydrogens is 354 g/mol. The van der Waals surface area contributed by atoms with Crippen molar-refractivity contribution in [2.45, 2.75) is 39.8 Å². The SMILES string of the molecule is CCCCn1nc(C)c(/C=N\N(C)C(=S)NCc2ccccc2)c1Cl. The number of benzene rings is 1. The molecule has 0 aliphatic heterocycles. The summed E-state index contributed by atoms with van der Waals surface area (Å²) in [6.07, 6.45) is 3.86. The molecule has 1 heterocycles. The zero-order valence-corrected chi connectivity index (χ0v) is 16.4. The van der Waals surface area contributed by atoms with Gasteiger partial charge >= 0.3 is 0 Å². The van der Waals surface area contributed by atoms with Gasteiger partial charge in [-0.25, -0.2) is 5.01 Å². The fraction of sp³-hybridized carbons (Fsp3) is 0.389. The quantitative estimate of drug-likeness (QED) is 0.450. The molecule has 0 spiro atoms. The van der Waals surface area contributed by atoms with Gasteiger partial charge in [0.25, 0.3) is 0 Å². The summed E-state index contributed by atoms with van der Waals surface area (Å²) in [4.78, 5) is 0. The summed E-state index contributed by atoms with van der Waals surface area (Å²) in [6.45, 7) is 5.55. The average Bonchev–Trinajstić information content (AvgIpc) is 2.90. The Morgan fingerprint density at radius 2 is 2.12 bits per heavy atom. The average molecular weight is 378 g/mol. The highest BCUT2D eigenvalue weighted by Gasteiger charge is 2.12. The first-order valence-corrected chi connectivity index (χ1v) is 9.14. The Balaban J connectivity index is 1.96. The van der Waals surface area contributed by atoms with Gasteiger partial charge in [0.05, 0.1) is 17.5 Å². The summed E-state index contributed by atoms with van der Waals surface area (Å²) in [5.74, 6) is 0. The first-order valence-electron chi connectivity index (χ1n) is 8.35. The lowest BCUT2D eigenvalue weighted by atomic mass is 10.2. The molecule has 2 rings (SSSR count). The van der Waals surface area contributed by atoms with Gasteiger partial charge in [-0.15, -0.1) is 0 Å². The molecule has 1 aromatic heterocycles. The standard InChI is InChI=1S/C18H24ClN5S/c1-4-5-11-24-17(19)16(14(2)22-24)13-21-23(3)18(25)20-12-15-9-7-6-8-10-15/h6-10,13H,4-5,11-12H2,1-3H3,(H,20,25)/b21-13-. The lowest BCUT2D eigenvalue weighted by Crippen LogP contribution is -2.33. The molecule has 134 valence electrons. The van der Waals surface area contributed by atoms with Crippen LogP contribution in [0.5, 0.6) is 0 Å². The van der Waals surface area contributed by atoms with Crippen molar-refractivity contribution in [2.75, 3.05) is 7.05 Å². The molecule has 25 heavy (non-hydrogen) atoms. The number of hydrazone groups is 1. The van der Waals surface area contributed by atoms with Crippen LogP contribution in [0.15, 0.2) is 35.4 Å². The fourth-order valence-electron chi connectivity index (χ4n) is 2.25. The molecule has 0 radical (unpaired) electrons. The number of hydrogen-bond donors (Lipinski definition) is 1. The maximum absolute atomic E-state index is 6.41. The zero-order chi connectivity index (χ0) is 18.2. The summed E-state index contributed by atoms with van der Waals surface area (Å²) < 4.78 is 1.83. The van der Waals surface area contributed by atoms with Gasteiger partial charge in [-0.2, -0.15) is 10.2 Å². The van der Waals surface area contributed by atoms with Crippen molar-refractivity contribution in [2.24, 2.45) is 5.10 Å². The molecule has 1 aromatic carbocycles. The van der Waals surface area contributed by atoms with Crippen molar-refractivity contribution in [1.29, 1.82) is 0 Å². The van der Waals surface area contributed by atoms with E-state index in [1.807, 2.05) is 49.0 Å². The highest BCUT2D eigenvalue weighted by atomic mass is 35.5. The van der Waals surface area contributed by atoms with Crippen molar-refractivity contribution >= 4 is 35.1 Å². The van der Waals surface area contributed by atoms with E-state index >= 15 is 0 Å². The van der Waals surface area contributed by atoms with Crippen LogP contribution in [-0.4, -0.2) is 33.2 Å². The molecule has 0 saturated heterocycles. The minimum absolute atomic E-state index is 0.548. The largest absolute Gasteiger partial charge is 0.357 e. The van der Waals surface area contributed by atoms with E-state index in [-0.39, 0.29) is 0 Å². The Morgan fingerprint density at radius 1 is 1.40 bits per heavy atom. The number of unbranched alkanes of at least 4 members (excludes halogenated alkanes) is 1. The lowest BCUT2D eigenvalue weighted by Gasteiger charge is -2.15. The van der Waals surface area contributed by atoms with Crippen LogP contribution < -0.4 is 5.32 Å². The summed E-state index contributed by atoms with van der Waals surface area (Å²) in [7, 11) is 1.81. The van der Waals surface area contributed by atoms with Crippen LogP contribution in [0.4, 0.5) is 0 Å². The number of hydrogen-bond acceptors (Lipinski definition) is 3. The molecule has 7 heteroatoms. The third-order valence-electron chi connectivity index (χ3n) is 3.77. The molecule has 0 atom stereocenters. The van der Waals surface area contributed by atoms with Crippen LogP contribution in [-0.2, 0) is 13.1 Å². The van der Waals surface area contributed by atoms with E-state index in [1.54, 1.807) is 11.2 Å². The molecular formula is C18H24ClN5S. The topological polar surface area (TPSA) is 45.5 Å². The third kappa shape index (κ3) is 5.54. The molecule has 0 fully saturated rings. The molecule has 0 unspecified atom stereocenters. The molecule has 0 amide bonds. The van der Waals surface area contributed by atoms with Gasteiger partial charge in [-0.3, -0.25) is 4.68 Å². The van der Waals surface area contributed by atoms with Gasteiger partial charge in [0, 0.05) is 20.1 Å². The Hall–Kier alpha value is -1.92. The summed E-state index contributed by atoms with van der Waals surface area (Å²) in [6, 6.07) is 10.1. The van der Waals surface area contributed by atoms with E-state index in [2.05, 4.69) is 22.4 Å². The van der Waals surface area contributed by atoms with Crippen LogP contribution in [0.3, 0.4) is 0 Å². The molecule has 0 aliphatic rings. The molecule has 1 N–H and O–H groups in total. The van der Waals surface area contributed by atoms with Gasteiger partial charge in [0.1, 0.15) is 5.15 Å². The number of aromatic nitrogens is 2. The fourth-order valence-corrected chi connectivity index (χ4v) is 2.68. The Labute approximate surface area is 159 Å². The number of aryl methyl sites for hydroxylation is 2. The maximum atomic E-state index is 6.41. The van der Waals surface area contributed by atoms with Crippen molar-refractivity contribution in [3.8, 4) is 0 Å². The van der Waals surface area contributed by atoms with Gasteiger partial charge in [-0.1, -0.05) is 55.3 Å². The molecule has 2 aromatic rings. The number of nitrogens with zero attached hydrogens (tertiary/aromatic N) is 4. The lowest BCUT2D eigenvalue weighted by molar-refractivity contribution is 0.532. The number of halogens is 1. The summed E-state index contributed by atoms with van der Waals surface area (Å²) in [5.41, 5.74) is 2.86. The van der Waals surface area contributed by atoms with Crippen LogP contribution >= 0.6 is 23.8 Å². The van der Waals surface area contributed by atoms with Gasteiger partial charge in [0.2, 0.25) is 0 Å². The van der Waals surface area contributed by atoms with Crippen molar-refractivity contribution < 1.29 is 0 Å². The van der Waals surface area contributed by atoms with E-state index in [0.29, 0.717) is 16.8 Å². The summed E-state index contributed by atoms with van der Waals surface area (Å²) in [5, 5.41) is 14.8. The second-order valence-corrected chi connectivity index (χ2v) is 6.52. The van der Waals surface area contributed by atoms with E-state index in [0.717, 1.165) is 30.6 Å². The first kappa shape index (κ1) is 19.4. The summed E-state index contributed by atoms with van der Waals surface area (Å²) >= 11 is 11.8. The number of rotatable bonds is 7. The highest BCUT2D eigenvalue weighted by Crippen LogP contribution is 2.18. The molecule has 5 nitrogen and oxygen atoms in total. The predicted molar refractivity (Wildman–Crippen MR) is 108 cm³/mol. The molecule has 0 saturated carbocycles.